The molecule has 27 heavy (non-hydrogen) atoms. The quantitative estimate of drug-likeness (QED) is 0.902. The second kappa shape index (κ2) is 6.93. The molecule has 142 valence electrons. The van der Waals surface area contributed by atoms with Crippen molar-refractivity contribution in [1.82, 2.24) is 19.8 Å². The van der Waals surface area contributed by atoms with Crippen LogP contribution in [0.25, 0.3) is 0 Å². The molecule has 0 bridgehead atoms. The zero-order valence-corrected chi connectivity index (χ0v) is 16.3. The molecule has 1 atom stereocenters. The Morgan fingerprint density at radius 2 is 2.07 bits per heavy atom. The molecule has 0 spiro atoms. The van der Waals surface area contributed by atoms with E-state index in [9.17, 15) is 4.79 Å². The second-order valence-corrected chi connectivity index (χ2v) is 8.20. The van der Waals surface area contributed by atoms with Crippen LogP contribution >= 0.6 is 0 Å². The minimum atomic E-state index is -0.373. The third kappa shape index (κ3) is 3.54. The van der Waals surface area contributed by atoms with Gasteiger partial charge >= 0.3 is 0 Å². The molecule has 1 aromatic heterocycles. The lowest BCUT2D eigenvalue weighted by Crippen LogP contribution is -2.41. The van der Waals surface area contributed by atoms with Gasteiger partial charge in [-0.25, -0.2) is 9.97 Å². The lowest BCUT2D eigenvalue weighted by atomic mass is 9.96. The highest BCUT2D eigenvalue weighted by Crippen LogP contribution is 2.39. The van der Waals surface area contributed by atoms with Crippen molar-refractivity contribution in [3.63, 3.8) is 0 Å². The first-order chi connectivity index (χ1) is 12.9. The maximum absolute atomic E-state index is 13.0. The first-order valence-electron chi connectivity index (χ1n) is 9.61. The number of carbonyl (C=O) groups excluding carboxylic acids is 1. The molecule has 0 aliphatic carbocycles. The summed E-state index contributed by atoms with van der Waals surface area (Å²) in [6, 6.07) is 9.88. The summed E-state index contributed by atoms with van der Waals surface area (Å²) >= 11 is 0. The number of amides is 1. The molecule has 2 aliphatic heterocycles. The average molecular weight is 365 g/mol. The zero-order chi connectivity index (χ0) is 19.0. The van der Waals surface area contributed by atoms with Crippen molar-refractivity contribution >= 4 is 17.5 Å². The van der Waals surface area contributed by atoms with Gasteiger partial charge in [0.1, 0.15) is 0 Å². The summed E-state index contributed by atoms with van der Waals surface area (Å²) in [7, 11) is 2.12. The van der Waals surface area contributed by atoms with E-state index >= 15 is 0 Å². The van der Waals surface area contributed by atoms with Gasteiger partial charge in [0.15, 0.2) is 0 Å². The number of fused-ring (bicyclic) bond motifs is 1. The van der Waals surface area contributed by atoms with Crippen LogP contribution in [0.15, 0.2) is 36.5 Å². The summed E-state index contributed by atoms with van der Waals surface area (Å²) in [6.07, 6.45) is 3.59. The third-order valence-electron chi connectivity index (χ3n) is 5.79. The standard InChI is InChI=1S/C21H27N5O/c1-21(2)17-12-22-20(23-16-7-5-4-6-8-16)24-18(17)14-26(21)19(27)11-15-9-10-25(3)13-15/h4-8,12,15H,9-11,13-14H2,1-3H3,(H,22,23,24). The molecule has 0 radical (unpaired) electrons. The molecule has 0 saturated carbocycles. The molecule has 4 rings (SSSR count). The van der Waals surface area contributed by atoms with E-state index in [4.69, 9.17) is 4.98 Å². The van der Waals surface area contributed by atoms with E-state index in [1.54, 1.807) is 0 Å². The van der Waals surface area contributed by atoms with Crippen LogP contribution in [0.1, 0.15) is 37.9 Å². The number of likely N-dealkylation sites (tertiary alicyclic amines) is 1. The number of hydrogen-bond acceptors (Lipinski definition) is 5. The van der Waals surface area contributed by atoms with Gasteiger partial charge in [0.25, 0.3) is 0 Å². The Balaban J connectivity index is 1.50. The highest BCUT2D eigenvalue weighted by atomic mass is 16.2. The van der Waals surface area contributed by atoms with Crippen LogP contribution in [0.3, 0.4) is 0 Å². The van der Waals surface area contributed by atoms with Gasteiger partial charge in [-0.3, -0.25) is 4.79 Å². The summed E-state index contributed by atoms with van der Waals surface area (Å²) in [5.41, 5.74) is 2.55. The molecule has 1 fully saturated rings. The van der Waals surface area contributed by atoms with Crippen LogP contribution in [-0.4, -0.2) is 45.8 Å². The van der Waals surface area contributed by atoms with Gasteiger partial charge in [-0.2, -0.15) is 0 Å². The van der Waals surface area contributed by atoms with Crippen molar-refractivity contribution in [2.45, 2.75) is 38.8 Å². The highest BCUT2D eigenvalue weighted by Gasteiger charge is 2.42. The molecule has 1 amide bonds. The fourth-order valence-corrected chi connectivity index (χ4v) is 4.20. The van der Waals surface area contributed by atoms with Crippen LogP contribution in [0, 0.1) is 5.92 Å². The molecule has 1 aromatic carbocycles. The Morgan fingerprint density at radius 3 is 2.78 bits per heavy atom. The van der Waals surface area contributed by atoms with Crippen LogP contribution in [0.5, 0.6) is 0 Å². The Bertz CT molecular complexity index is 836. The number of anilines is 2. The predicted molar refractivity (Wildman–Crippen MR) is 106 cm³/mol. The predicted octanol–water partition coefficient (Wildman–Crippen LogP) is 3.14. The first-order valence-corrected chi connectivity index (χ1v) is 9.61. The molecule has 6 nitrogen and oxygen atoms in total. The SMILES string of the molecule is CN1CCC(CC(=O)N2Cc3nc(Nc4ccccc4)ncc3C2(C)C)C1. The summed E-state index contributed by atoms with van der Waals surface area (Å²) in [5, 5.41) is 3.24. The molecular weight excluding hydrogens is 338 g/mol. The van der Waals surface area contributed by atoms with Gasteiger partial charge in [0.2, 0.25) is 11.9 Å². The van der Waals surface area contributed by atoms with E-state index < -0.39 is 0 Å². The monoisotopic (exact) mass is 365 g/mol. The maximum Gasteiger partial charge on any atom is 0.227 e. The van der Waals surface area contributed by atoms with Crippen molar-refractivity contribution < 1.29 is 4.79 Å². The summed E-state index contributed by atoms with van der Waals surface area (Å²) in [5.74, 6) is 1.25. The summed E-state index contributed by atoms with van der Waals surface area (Å²) in [4.78, 5) is 26.5. The van der Waals surface area contributed by atoms with Crippen molar-refractivity contribution in [3.05, 3.63) is 47.8 Å². The topological polar surface area (TPSA) is 61.4 Å². The van der Waals surface area contributed by atoms with Gasteiger partial charge < -0.3 is 15.1 Å². The van der Waals surface area contributed by atoms with Gasteiger partial charge in [-0.15, -0.1) is 0 Å². The number of aromatic nitrogens is 2. The molecule has 2 aliphatic rings. The molecule has 1 unspecified atom stereocenters. The van der Waals surface area contributed by atoms with Gasteiger partial charge in [0.05, 0.1) is 17.8 Å². The van der Waals surface area contributed by atoms with E-state index in [1.165, 1.54) is 0 Å². The van der Waals surface area contributed by atoms with Gasteiger partial charge in [0, 0.05) is 30.4 Å². The Kier molecular flexibility index (Phi) is 4.60. The second-order valence-electron chi connectivity index (χ2n) is 8.20. The minimum absolute atomic E-state index is 0.218. The fourth-order valence-electron chi connectivity index (χ4n) is 4.20. The average Bonchev–Trinajstić information content (AvgIpc) is 3.16. The van der Waals surface area contributed by atoms with Crippen LogP contribution < -0.4 is 5.32 Å². The fraction of sp³-hybridized carbons (Fsp3) is 0.476. The Labute approximate surface area is 160 Å². The van der Waals surface area contributed by atoms with Gasteiger partial charge in [-0.1, -0.05) is 18.2 Å². The third-order valence-corrected chi connectivity index (χ3v) is 5.79. The normalized spacial score (nSPS) is 21.3. The van der Waals surface area contributed by atoms with Crippen molar-refractivity contribution in [1.29, 1.82) is 0 Å². The number of nitrogens with one attached hydrogen (secondary N) is 1. The number of para-hydroxylation sites is 1. The Hall–Kier alpha value is -2.47. The number of carbonyl (C=O) groups is 1. The lowest BCUT2D eigenvalue weighted by molar-refractivity contribution is -0.137. The van der Waals surface area contributed by atoms with Crippen molar-refractivity contribution in [2.75, 3.05) is 25.5 Å². The minimum Gasteiger partial charge on any atom is -0.327 e. The number of benzene rings is 1. The molecule has 1 N–H and O–H groups in total. The lowest BCUT2D eigenvalue weighted by Gasteiger charge is -2.32. The van der Waals surface area contributed by atoms with E-state index in [-0.39, 0.29) is 11.4 Å². The van der Waals surface area contributed by atoms with Crippen LogP contribution in [0.2, 0.25) is 0 Å². The summed E-state index contributed by atoms with van der Waals surface area (Å²) in [6.45, 7) is 6.82. The first kappa shape index (κ1) is 17.9. The van der Waals surface area contributed by atoms with Crippen molar-refractivity contribution in [2.24, 2.45) is 5.92 Å². The number of rotatable bonds is 4. The van der Waals surface area contributed by atoms with E-state index in [1.807, 2.05) is 41.4 Å². The molecule has 2 aromatic rings. The van der Waals surface area contributed by atoms with E-state index in [0.29, 0.717) is 24.8 Å². The molecular formula is C21H27N5O. The molecule has 3 heterocycles. The van der Waals surface area contributed by atoms with Crippen molar-refractivity contribution in [3.8, 4) is 0 Å². The number of nitrogens with zero attached hydrogens (tertiary/aromatic N) is 4. The van der Waals surface area contributed by atoms with Gasteiger partial charge in [-0.05, 0) is 51.9 Å². The molecule has 1 saturated heterocycles. The Morgan fingerprint density at radius 1 is 1.30 bits per heavy atom. The molecule has 6 heteroatoms. The maximum atomic E-state index is 13.0. The zero-order valence-electron chi connectivity index (χ0n) is 16.3. The smallest absolute Gasteiger partial charge is 0.227 e. The van der Waals surface area contributed by atoms with E-state index in [0.717, 1.165) is 36.5 Å². The van der Waals surface area contributed by atoms with E-state index in [2.05, 4.69) is 36.1 Å². The number of hydrogen-bond donors (Lipinski definition) is 1. The van der Waals surface area contributed by atoms with Crippen LogP contribution in [0.4, 0.5) is 11.6 Å². The summed E-state index contributed by atoms with van der Waals surface area (Å²) < 4.78 is 0. The highest BCUT2D eigenvalue weighted by molar-refractivity contribution is 5.78. The largest absolute Gasteiger partial charge is 0.327 e. The van der Waals surface area contributed by atoms with Crippen LogP contribution in [-0.2, 0) is 16.9 Å².